The van der Waals surface area contributed by atoms with E-state index in [9.17, 15) is 4.79 Å². The molecule has 1 aliphatic rings. The minimum Gasteiger partial charge on any atom is -0.385 e. The van der Waals surface area contributed by atoms with Gasteiger partial charge in [0, 0.05) is 32.4 Å². The number of aromatic nitrogens is 3. The predicted molar refractivity (Wildman–Crippen MR) is 91.6 cm³/mol. The number of nitrogens with zero attached hydrogens (tertiary/aromatic N) is 3. The third-order valence-electron chi connectivity index (χ3n) is 4.59. The van der Waals surface area contributed by atoms with Crippen LogP contribution in [0.3, 0.4) is 0 Å². The lowest BCUT2D eigenvalue weighted by atomic mass is 9.92. The number of nitrogens with one attached hydrogen (secondary N) is 1. The number of hydrogen-bond acceptors (Lipinski definition) is 4. The number of carbonyl (C=O) groups excluding carboxylic acids is 1. The van der Waals surface area contributed by atoms with Gasteiger partial charge in [0.05, 0.1) is 5.56 Å². The van der Waals surface area contributed by atoms with Crippen LogP contribution in [0.15, 0.2) is 30.6 Å². The summed E-state index contributed by atoms with van der Waals surface area (Å²) in [5, 5.41) is 6.74. The summed E-state index contributed by atoms with van der Waals surface area (Å²) in [6.07, 6.45) is 5.88. The van der Waals surface area contributed by atoms with Crippen LogP contribution in [0.4, 0.5) is 0 Å². The number of likely N-dealkylation sites (tertiary alicyclic amines) is 1. The van der Waals surface area contributed by atoms with E-state index in [1.165, 1.54) is 12.7 Å². The lowest BCUT2D eigenvalue weighted by molar-refractivity contribution is 0.0661. The van der Waals surface area contributed by atoms with Crippen LogP contribution >= 0.6 is 0 Å². The second-order valence-electron chi connectivity index (χ2n) is 6.27. The summed E-state index contributed by atoms with van der Waals surface area (Å²) >= 11 is 0. The number of piperidine rings is 1. The minimum atomic E-state index is 0.0819. The lowest BCUT2D eigenvalue weighted by Gasteiger charge is -2.33. The number of rotatable bonds is 6. The quantitative estimate of drug-likeness (QED) is 0.828. The first-order valence-corrected chi connectivity index (χ1v) is 8.52. The van der Waals surface area contributed by atoms with Crippen LogP contribution in [-0.4, -0.2) is 52.8 Å². The van der Waals surface area contributed by atoms with Crippen molar-refractivity contribution in [2.24, 2.45) is 5.92 Å². The first kappa shape index (κ1) is 16.6. The van der Waals surface area contributed by atoms with Gasteiger partial charge in [0.1, 0.15) is 6.33 Å². The van der Waals surface area contributed by atoms with Crippen LogP contribution in [-0.2, 0) is 4.74 Å². The number of benzene rings is 1. The molecule has 6 nitrogen and oxygen atoms in total. The van der Waals surface area contributed by atoms with Gasteiger partial charge < -0.3 is 9.64 Å². The van der Waals surface area contributed by atoms with Crippen LogP contribution in [0.1, 0.15) is 36.0 Å². The molecule has 1 saturated heterocycles. The van der Waals surface area contributed by atoms with E-state index in [0.717, 1.165) is 44.5 Å². The van der Waals surface area contributed by atoms with Gasteiger partial charge in [0.25, 0.3) is 5.91 Å². The highest BCUT2D eigenvalue weighted by Crippen LogP contribution is 2.25. The third-order valence-corrected chi connectivity index (χ3v) is 4.59. The van der Waals surface area contributed by atoms with E-state index in [0.29, 0.717) is 17.3 Å². The van der Waals surface area contributed by atoms with Crippen LogP contribution in [0.2, 0.25) is 0 Å². The predicted octanol–water partition coefficient (Wildman–Crippen LogP) is 2.75. The Morgan fingerprint density at radius 3 is 3.08 bits per heavy atom. The molecular weight excluding hydrogens is 304 g/mol. The van der Waals surface area contributed by atoms with Crippen molar-refractivity contribution in [3.05, 3.63) is 36.2 Å². The summed E-state index contributed by atoms with van der Waals surface area (Å²) in [4.78, 5) is 19.2. The summed E-state index contributed by atoms with van der Waals surface area (Å²) in [5.74, 6) is 1.28. The molecule has 0 unspecified atom stereocenters. The van der Waals surface area contributed by atoms with Crippen LogP contribution in [0.5, 0.6) is 0 Å². The molecule has 2 heterocycles. The van der Waals surface area contributed by atoms with E-state index >= 15 is 0 Å². The molecule has 0 spiro atoms. The molecule has 3 rings (SSSR count). The standard InChI is InChI=1S/C18H24N4O2/c1-24-11-5-7-14-6-4-10-22(12-14)18(23)16-9-3-2-8-15(16)17-19-13-20-21-17/h2-3,8-9,13-14H,4-7,10-12H2,1H3,(H,19,20,21)/t14-/m1/s1. The maximum Gasteiger partial charge on any atom is 0.254 e. The van der Waals surface area contributed by atoms with E-state index < -0.39 is 0 Å². The Balaban J connectivity index is 1.72. The first-order valence-electron chi connectivity index (χ1n) is 8.52. The third kappa shape index (κ3) is 3.82. The summed E-state index contributed by atoms with van der Waals surface area (Å²) in [5.41, 5.74) is 1.49. The van der Waals surface area contributed by atoms with Gasteiger partial charge in [0.2, 0.25) is 0 Å². The van der Waals surface area contributed by atoms with Gasteiger partial charge in [-0.1, -0.05) is 18.2 Å². The molecule has 1 aromatic heterocycles. The average Bonchev–Trinajstić information content (AvgIpc) is 3.16. The molecular formula is C18H24N4O2. The van der Waals surface area contributed by atoms with Crippen molar-refractivity contribution in [2.75, 3.05) is 26.8 Å². The fourth-order valence-electron chi connectivity index (χ4n) is 3.38. The zero-order chi connectivity index (χ0) is 16.8. The average molecular weight is 328 g/mol. The van der Waals surface area contributed by atoms with E-state index in [-0.39, 0.29) is 5.91 Å². The summed E-state index contributed by atoms with van der Waals surface area (Å²) in [6.45, 7) is 2.44. The molecule has 0 radical (unpaired) electrons. The van der Waals surface area contributed by atoms with Crippen LogP contribution in [0.25, 0.3) is 11.4 Å². The Morgan fingerprint density at radius 2 is 2.29 bits per heavy atom. The highest BCUT2D eigenvalue weighted by molar-refractivity contribution is 6.00. The molecule has 0 bridgehead atoms. The normalized spacial score (nSPS) is 17.9. The zero-order valence-corrected chi connectivity index (χ0v) is 14.1. The SMILES string of the molecule is COCCC[C@H]1CCCN(C(=O)c2ccccc2-c2ncn[nH]2)C1. The van der Waals surface area contributed by atoms with Gasteiger partial charge in [0.15, 0.2) is 5.82 Å². The van der Waals surface area contributed by atoms with Crippen LogP contribution in [0, 0.1) is 5.92 Å². The van der Waals surface area contributed by atoms with Crippen molar-refractivity contribution in [3.63, 3.8) is 0 Å². The second-order valence-corrected chi connectivity index (χ2v) is 6.27. The van der Waals surface area contributed by atoms with Crippen molar-refractivity contribution in [1.29, 1.82) is 0 Å². The van der Waals surface area contributed by atoms with Gasteiger partial charge in [-0.25, -0.2) is 4.98 Å². The Bertz CT molecular complexity index is 657. The van der Waals surface area contributed by atoms with Crippen LogP contribution < -0.4 is 0 Å². The number of amides is 1. The maximum absolute atomic E-state index is 13.0. The summed E-state index contributed by atoms with van der Waals surface area (Å²) < 4.78 is 5.14. The Labute approximate surface area is 142 Å². The summed E-state index contributed by atoms with van der Waals surface area (Å²) in [7, 11) is 1.73. The fourth-order valence-corrected chi connectivity index (χ4v) is 3.38. The Hall–Kier alpha value is -2.21. The number of hydrogen-bond donors (Lipinski definition) is 1. The van der Waals surface area contributed by atoms with Crippen molar-refractivity contribution in [2.45, 2.75) is 25.7 Å². The molecule has 0 aliphatic carbocycles. The molecule has 1 fully saturated rings. The molecule has 1 aromatic carbocycles. The van der Waals surface area contributed by atoms with Crippen molar-refractivity contribution in [1.82, 2.24) is 20.1 Å². The molecule has 1 aliphatic heterocycles. The largest absolute Gasteiger partial charge is 0.385 e. The topological polar surface area (TPSA) is 71.1 Å². The number of ether oxygens (including phenoxy) is 1. The van der Waals surface area contributed by atoms with Crippen molar-refractivity contribution in [3.8, 4) is 11.4 Å². The van der Waals surface area contributed by atoms with E-state index in [4.69, 9.17) is 4.74 Å². The number of H-pyrrole nitrogens is 1. The molecule has 128 valence electrons. The fraction of sp³-hybridized carbons (Fsp3) is 0.500. The van der Waals surface area contributed by atoms with E-state index in [2.05, 4.69) is 15.2 Å². The van der Waals surface area contributed by atoms with E-state index in [1.54, 1.807) is 7.11 Å². The van der Waals surface area contributed by atoms with E-state index in [1.807, 2.05) is 29.2 Å². The van der Waals surface area contributed by atoms with Crippen molar-refractivity contribution >= 4 is 5.91 Å². The minimum absolute atomic E-state index is 0.0819. The van der Waals surface area contributed by atoms with Gasteiger partial charge in [-0.05, 0) is 37.7 Å². The van der Waals surface area contributed by atoms with Gasteiger partial charge in [-0.2, -0.15) is 5.10 Å². The highest BCUT2D eigenvalue weighted by atomic mass is 16.5. The summed E-state index contributed by atoms with van der Waals surface area (Å²) in [6, 6.07) is 7.59. The molecule has 2 aromatic rings. The number of methoxy groups -OCH3 is 1. The van der Waals surface area contributed by atoms with Gasteiger partial charge >= 0.3 is 0 Å². The molecule has 6 heteroatoms. The Morgan fingerprint density at radius 1 is 1.42 bits per heavy atom. The molecule has 1 N–H and O–H groups in total. The maximum atomic E-state index is 13.0. The number of aromatic amines is 1. The monoisotopic (exact) mass is 328 g/mol. The molecule has 0 saturated carbocycles. The molecule has 1 atom stereocenters. The zero-order valence-electron chi connectivity index (χ0n) is 14.1. The van der Waals surface area contributed by atoms with Gasteiger partial charge in [-0.15, -0.1) is 0 Å². The van der Waals surface area contributed by atoms with Crippen molar-refractivity contribution < 1.29 is 9.53 Å². The molecule has 24 heavy (non-hydrogen) atoms. The second kappa shape index (κ2) is 8.06. The molecule has 1 amide bonds. The highest BCUT2D eigenvalue weighted by Gasteiger charge is 2.26. The Kier molecular flexibility index (Phi) is 5.59. The lowest BCUT2D eigenvalue weighted by Crippen LogP contribution is -2.40. The smallest absolute Gasteiger partial charge is 0.254 e. The first-order chi connectivity index (χ1) is 11.8. The van der Waals surface area contributed by atoms with Gasteiger partial charge in [-0.3, -0.25) is 9.89 Å². The number of carbonyl (C=O) groups is 1.